The van der Waals surface area contributed by atoms with Gasteiger partial charge in [0, 0.05) is 19.5 Å². The van der Waals surface area contributed by atoms with Gasteiger partial charge in [-0.05, 0) is 60.4 Å². The van der Waals surface area contributed by atoms with Crippen molar-refractivity contribution in [2.75, 3.05) is 24.5 Å². The summed E-state index contributed by atoms with van der Waals surface area (Å²) in [7, 11) is -2.70. The Hall–Kier alpha value is -4.34. The lowest BCUT2D eigenvalue weighted by Crippen LogP contribution is -2.53. The number of sulfonamides is 1. The highest BCUT2D eigenvalue weighted by Crippen LogP contribution is 2.31. The smallest absolute Gasteiger partial charge is 0.264 e. The first-order valence-electron chi connectivity index (χ1n) is 15.1. The fraction of sp³-hybridized carbons (Fsp3) is 0.278. The summed E-state index contributed by atoms with van der Waals surface area (Å²) >= 11 is 6.55. The number of rotatable bonds is 14. The minimum absolute atomic E-state index is 0.0145. The Morgan fingerprint density at radius 1 is 0.870 bits per heavy atom. The van der Waals surface area contributed by atoms with E-state index in [4.69, 9.17) is 16.3 Å². The van der Waals surface area contributed by atoms with Gasteiger partial charge >= 0.3 is 0 Å². The monoisotopic (exact) mass is 661 g/mol. The number of methoxy groups -OCH3 is 1. The van der Waals surface area contributed by atoms with Gasteiger partial charge in [0.15, 0.2) is 0 Å². The van der Waals surface area contributed by atoms with Gasteiger partial charge in [0.2, 0.25) is 11.8 Å². The number of nitrogens with one attached hydrogen (secondary N) is 1. The number of nitrogens with zero attached hydrogens (tertiary/aromatic N) is 2. The number of benzene rings is 4. The summed E-state index contributed by atoms with van der Waals surface area (Å²) in [5, 5.41) is 3.16. The molecule has 0 aliphatic rings. The zero-order chi connectivity index (χ0) is 33.3. The van der Waals surface area contributed by atoms with Gasteiger partial charge in [-0.15, -0.1) is 0 Å². The number of carbonyl (C=O) groups is 2. The van der Waals surface area contributed by atoms with E-state index in [9.17, 15) is 18.0 Å². The van der Waals surface area contributed by atoms with E-state index in [0.29, 0.717) is 17.9 Å². The molecule has 242 valence electrons. The molecule has 4 aromatic carbocycles. The van der Waals surface area contributed by atoms with Gasteiger partial charge in [-0.3, -0.25) is 13.9 Å². The van der Waals surface area contributed by atoms with E-state index in [1.165, 1.54) is 17.0 Å². The van der Waals surface area contributed by atoms with E-state index >= 15 is 0 Å². The second kappa shape index (κ2) is 15.8. The average Bonchev–Trinajstić information content (AvgIpc) is 3.05. The van der Waals surface area contributed by atoms with E-state index < -0.39 is 28.5 Å². The minimum atomic E-state index is -4.25. The third-order valence-corrected chi connectivity index (χ3v) is 9.55. The van der Waals surface area contributed by atoms with Crippen LogP contribution in [0.2, 0.25) is 5.02 Å². The topological polar surface area (TPSA) is 96.0 Å². The molecular formula is C36H40ClN3O5S. The molecule has 46 heavy (non-hydrogen) atoms. The lowest BCUT2D eigenvalue weighted by molar-refractivity contribution is -0.140. The summed E-state index contributed by atoms with van der Waals surface area (Å²) in [5.41, 5.74) is 2.61. The molecule has 8 nitrogen and oxygen atoms in total. The number of hydrogen-bond donors (Lipinski definition) is 1. The molecule has 0 bridgehead atoms. The predicted molar refractivity (Wildman–Crippen MR) is 182 cm³/mol. The van der Waals surface area contributed by atoms with Gasteiger partial charge in [-0.1, -0.05) is 97.7 Å². The Balaban J connectivity index is 1.82. The zero-order valence-corrected chi connectivity index (χ0v) is 28.1. The van der Waals surface area contributed by atoms with Crippen LogP contribution < -0.4 is 14.4 Å². The zero-order valence-electron chi connectivity index (χ0n) is 26.5. The standard InChI is InChI=1S/C36H40ClN3O5S/c1-26(2)23-38-36(42)34(22-28-11-6-5-7-12-28)39(24-29-13-10-14-30(21-29)45-4)35(41)25-40(33-16-9-8-15-32(33)37)46(43,44)31-19-17-27(3)18-20-31/h5-21,26,34H,22-25H2,1-4H3,(H,38,42)/t34-/m0/s1. The van der Waals surface area contributed by atoms with Gasteiger partial charge in [-0.25, -0.2) is 8.42 Å². The van der Waals surface area contributed by atoms with E-state index in [0.717, 1.165) is 15.4 Å². The van der Waals surface area contributed by atoms with Gasteiger partial charge in [-0.2, -0.15) is 0 Å². The van der Waals surface area contributed by atoms with Gasteiger partial charge < -0.3 is 15.0 Å². The van der Waals surface area contributed by atoms with Crippen LogP contribution in [-0.2, 0) is 32.6 Å². The molecule has 0 radical (unpaired) electrons. The molecule has 0 fully saturated rings. The molecule has 1 N–H and O–H groups in total. The van der Waals surface area contributed by atoms with Gasteiger partial charge in [0.1, 0.15) is 18.3 Å². The Kier molecular flexibility index (Phi) is 11.8. The highest BCUT2D eigenvalue weighted by atomic mass is 35.5. The SMILES string of the molecule is COc1cccc(CN(C(=O)CN(c2ccccc2Cl)S(=O)(=O)c2ccc(C)cc2)[C@@H](Cc2ccccc2)C(=O)NCC(C)C)c1. The number of anilines is 1. The largest absolute Gasteiger partial charge is 0.497 e. The summed E-state index contributed by atoms with van der Waals surface area (Å²) < 4.78 is 34.8. The summed E-state index contributed by atoms with van der Waals surface area (Å²) in [6, 6.07) is 28.6. The first-order valence-corrected chi connectivity index (χ1v) is 16.9. The van der Waals surface area contributed by atoms with Crippen molar-refractivity contribution in [1.29, 1.82) is 0 Å². The summed E-state index contributed by atoms with van der Waals surface area (Å²) in [4.78, 5) is 29.9. The van der Waals surface area contributed by atoms with Crippen molar-refractivity contribution >= 4 is 39.1 Å². The van der Waals surface area contributed by atoms with Crippen molar-refractivity contribution in [2.45, 2.75) is 44.7 Å². The fourth-order valence-electron chi connectivity index (χ4n) is 4.95. The molecule has 0 spiro atoms. The second-order valence-corrected chi connectivity index (χ2v) is 13.8. The highest BCUT2D eigenvalue weighted by Gasteiger charge is 2.35. The third kappa shape index (κ3) is 8.89. The van der Waals surface area contributed by atoms with Crippen LogP contribution >= 0.6 is 11.6 Å². The second-order valence-electron chi connectivity index (χ2n) is 11.5. The molecule has 2 amide bonds. The van der Waals surface area contributed by atoms with Crippen LogP contribution in [-0.4, -0.2) is 51.4 Å². The van der Waals surface area contributed by atoms with Crippen LogP contribution in [0.25, 0.3) is 0 Å². The lowest BCUT2D eigenvalue weighted by Gasteiger charge is -2.34. The van der Waals surface area contributed by atoms with Crippen molar-refractivity contribution in [3.05, 3.63) is 125 Å². The summed E-state index contributed by atoms with van der Waals surface area (Å²) in [6.45, 7) is 5.70. The third-order valence-electron chi connectivity index (χ3n) is 7.45. The Labute approximate surface area is 277 Å². The van der Waals surface area contributed by atoms with Crippen LogP contribution in [0.1, 0.15) is 30.5 Å². The molecule has 4 aromatic rings. The Bertz CT molecular complexity index is 1730. The number of aryl methyl sites for hydroxylation is 1. The van der Waals surface area contributed by atoms with Crippen LogP contribution in [0, 0.1) is 12.8 Å². The quantitative estimate of drug-likeness (QED) is 0.172. The number of amides is 2. The van der Waals surface area contributed by atoms with Crippen molar-refractivity contribution < 1.29 is 22.7 Å². The van der Waals surface area contributed by atoms with Crippen LogP contribution in [0.15, 0.2) is 108 Å². The van der Waals surface area contributed by atoms with Crippen LogP contribution in [0.5, 0.6) is 5.75 Å². The van der Waals surface area contributed by atoms with Crippen molar-refractivity contribution in [3.63, 3.8) is 0 Å². The van der Waals surface area contributed by atoms with Crippen LogP contribution in [0.3, 0.4) is 0 Å². The Morgan fingerprint density at radius 2 is 1.52 bits per heavy atom. The number of hydrogen-bond acceptors (Lipinski definition) is 5. The normalized spacial score (nSPS) is 12.0. The summed E-state index contributed by atoms with van der Waals surface area (Å²) in [6.07, 6.45) is 0.220. The Morgan fingerprint density at radius 3 is 2.17 bits per heavy atom. The maximum atomic E-state index is 14.6. The molecular weight excluding hydrogens is 622 g/mol. The van der Waals surface area contributed by atoms with Crippen molar-refractivity contribution in [1.82, 2.24) is 10.2 Å². The van der Waals surface area contributed by atoms with Crippen LogP contribution in [0.4, 0.5) is 5.69 Å². The van der Waals surface area contributed by atoms with E-state index in [1.54, 1.807) is 61.7 Å². The molecule has 1 atom stereocenters. The predicted octanol–water partition coefficient (Wildman–Crippen LogP) is 6.26. The first-order chi connectivity index (χ1) is 22.0. The van der Waals surface area contributed by atoms with Crippen molar-refractivity contribution in [3.8, 4) is 5.75 Å². The molecule has 0 aliphatic heterocycles. The van der Waals surface area contributed by atoms with E-state index in [-0.39, 0.29) is 40.4 Å². The molecule has 0 saturated heterocycles. The molecule has 0 aliphatic carbocycles. The first kappa shape index (κ1) is 34.5. The number of halogens is 1. The number of carbonyl (C=O) groups excluding carboxylic acids is 2. The van der Waals surface area contributed by atoms with E-state index in [2.05, 4.69) is 5.32 Å². The van der Waals surface area contributed by atoms with E-state index in [1.807, 2.05) is 57.2 Å². The number of ether oxygens (including phenoxy) is 1. The average molecular weight is 662 g/mol. The lowest BCUT2D eigenvalue weighted by atomic mass is 10.0. The van der Waals surface area contributed by atoms with Gasteiger partial charge in [0.05, 0.1) is 22.7 Å². The summed E-state index contributed by atoms with van der Waals surface area (Å²) in [5.74, 6) is -0.133. The number of para-hydroxylation sites is 1. The molecule has 0 saturated carbocycles. The molecule has 0 unspecified atom stereocenters. The van der Waals surface area contributed by atoms with Crippen molar-refractivity contribution in [2.24, 2.45) is 5.92 Å². The van der Waals surface area contributed by atoms with Gasteiger partial charge in [0.25, 0.3) is 10.0 Å². The molecule has 10 heteroatoms. The maximum absolute atomic E-state index is 14.6. The molecule has 0 aromatic heterocycles. The highest BCUT2D eigenvalue weighted by molar-refractivity contribution is 7.92. The fourth-order valence-corrected chi connectivity index (χ4v) is 6.67. The molecule has 4 rings (SSSR count). The maximum Gasteiger partial charge on any atom is 0.264 e. The minimum Gasteiger partial charge on any atom is -0.497 e. The molecule has 0 heterocycles.